The van der Waals surface area contributed by atoms with Crippen LogP contribution in [0.25, 0.3) is 0 Å². The van der Waals surface area contributed by atoms with E-state index in [0.29, 0.717) is 0 Å². The van der Waals surface area contributed by atoms with Crippen molar-refractivity contribution in [1.29, 1.82) is 0 Å². The maximum absolute atomic E-state index is 12.9. The van der Waals surface area contributed by atoms with Crippen molar-refractivity contribution >= 4 is 23.9 Å². The van der Waals surface area contributed by atoms with Gasteiger partial charge in [0.1, 0.15) is 11.2 Å². The first-order valence-corrected chi connectivity index (χ1v) is 8.52. The monoisotopic (exact) mass is 393 g/mol. The molecular weight excluding hydrogens is 366 g/mol. The molecule has 0 amide bonds. The first-order valence-electron chi connectivity index (χ1n) is 8.52. The Balaban J connectivity index is 3.50. The fraction of sp³-hybridized carbons (Fsp3) is 0.474. The largest absolute Gasteiger partial charge is 0.455 e. The van der Waals surface area contributed by atoms with Crippen LogP contribution in [0.4, 0.5) is 0 Å². The maximum Gasteiger partial charge on any atom is 0.403 e. The summed E-state index contributed by atoms with van der Waals surface area (Å²) in [6.07, 6.45) is 0. The van der Waals surface area contributed by atoms with Gasteiger partial charge in [0.25, 0.3) is 0 Å². The average Bonchev–Trinajstić information content (AvgIpc) is 2.51. The average molecular weight is 393 g/mol. The zero-order valence-corrected chi connectivity index (χ0v) is 16.9. The predicted molar refractivity (Wildman–Crippen MR) is 102 cm³/mol. The van der Waals surface area contributed by atoms with Crippen LogP contribution in [-0.2, 0) is 23.8 Å². The van der Waals surface area contributed by atoms with Gasteiger partial charge in [0.2, 0.25) is 0 Å². The van der Waals surface area contributed by atoms with E-state index < -0.39 is 40.8 Å². The fourth-order valence-corrected chi connectivity index (χ4v) is 1.92. The van der Waals surface area contributed by atoms with E-state index in [9.17, 15) is 14.4 Å². The molecule has 1 aromatic rings. The first-order chi connectivity index (χ1) is 12.7. The Morgan fingerprint density at radius 1 is 0.786 bits per heavy atom. The van der Waals surface area contributed by atoms with Gasteiger partial charge in [-0.3, -0.25) is 0 Å². The van der Waals surface area contributed by atoms with Gasteiger partial charge >= 0.3 is 23.6 Å². The summed E-state index contributed by atoms with van der Waals surface area (Å²) in [5, 5.41) is 0. The van der Waals surface area contributed by atoms with Gasteiger partial charge in [0.05, 0.1) is 5.56 Å². The molecule has 0 saturated carbocycles. The molecule has 0 atom stereocenters. The summed E-state index contributed by atoms with van der Waals surface area (Å²) < 4.78 is 15.7. The van der Waals surface area contributed by atoms with E-state index in [-0.39, 0.29) is 5.56 Å². The Hall–Kier alpha value is -3.10. The lowest BCUT2D eigenvalue weighted by molar-refractivity contribution is -0.195. The third-order valence-corrected chi connectivity index (χ3v) is 2.89. The zero-order chi connectivity index (χ0) is 21.8. The topological polar surface area (TPSA) is 143 Å². The van der Waals surface area contributed by atoms with Crippen molar-refractivity contribution in [3.05, 3.63) is 35.9 Å². The lowest BCUT2D eigenvalue weighted by atomic mass is 10.1. The quantitative estimate of drug-likeness (QED) is 0.252. The Kier molecular flexibility index (Phi) is 6.79. The second kappa shape index (κ2) is 8.28. The van der Waals surface area contributed by atoms with E-state index in [1.807, 2.05) is 0 Å². The third-order valence-electron chi connectivity index (χ3n) is 2.89. The molecule has 1 aromatic carbocycles. The van der Waals surface area contributed by atoms with Crippen LogP contribution in [0.1, 0.15) is 51.9 Å². The second-order valence-corrected chi connectivity index (χ2v) is 7.94. The number of hydrogen-bond acceptors (Lipinski definition) is 7. The molecule has 0 bridgehead atoms. The third kappa shape index (κ3) is 6.57. The normalized spacial score (nSPS) is 11.9. The van der Waals surface area contributed by atoms with E-state index in [0.717, 1.165) is 0 Å². The summed E-state index contributed by atoms with van der Waals surface area (Å²) in [7, 11) is 0. The van der Waals surface area contributed by atoms with Crippen LogP contribution in [0, 0.1) is 0 Å². The first kappa shape index (κ1) is 22.9. The standard InChI is InChI=1S/C19H27N3O6/c1-17(2,3)27-14(24)19(22-16(20)21,15(25)28-18(4,5)6)26-13(23)12-10-8-7-9-11-12/h7-11H,1-6H3,(H4,20,21,22). The number of hydrogen-bond donors (Lipinski definition) is 2. The van der Waals surface area contributed by atoms with E-state index in [2.05, 4.69) is 4.99 Å². The number of carbonyl (C=O) groups excluding carboxylic acids is 3. The van der Waals surface area contributed by atoms with Crippen molar-refractivity contribution in [2.75, 3.05) is 0 Å². The van der Waals surface area contributed by atoms with E-state index in [4.69, 9.17) is 25.7 Å². The molecule has 0 fully saturated rings. The van der Waals surface area contributed by atoms with Gasteiger partial charge in [-0.1, -0.05) is 18.2 Å². The summed E-state index contributed by atoms with van der Waals surface area (Å²) in [5.41, 5.74) is 6.00. The van der Waals surface area contributed by atoms with Crippen LogP contribution in [0.3, 0.4) is 0 Å². The van der Waals surface area contributed by atoms with Gasteiger partial charge in [0, 0.05) is 0 Å². The lowest BCUT2D eigenvalue weighted by Gasteiger charge is -2.31. The van der Waals surface area contributed by atoms with Gasteiger partial charge in [-0.2, -0.15) is 4.99 Å². The van der Waals surface area contributed by atoms with Crippen molar-refractivity contribution in [2.45, 2.75) is 58.5 Å². The molecule has 0 aliphatic rings. The van der Waals surface area contributed by atoms with Crippen molar-refractivity contribution in [3.63, 3.8) is 0 Å². The molecule has 0 aliphatic heterocycles. The van der Waals surface area contributed by atoms with E-state index in [1.165, 1.54) is 12.1 Å². The highest BCUT2D eigenvalue weighted by atomic mass is 16.7. The van der Waals surface area contributed by atoms with Crippen molar-refractivity contribution in [2.24, 2.45) is 16.5 Å². The summed E-state index contributed by atoms with van der Waals surface area (Å²) in [4.78, 5) is 42.0. The highest BCUT2D eigenvalue weighted by Gasteiger charge is 2.56. The van der Waals surface area contributed by atoms with E-state index >= 15 is 0 Å². The molecule has 0 heterocycles. The summed E-state index contributed by atoms with van der Waals surface area (Å²) in [6.45, 7) is 9.41. The minimum atomic E-state index is -2.85. The number of nitrogens with zero attached hydrogens (tertiary/aromatic N) is 1. The van der Waals surface area contributed by atoms with Crippen LogP contribution < -0.4 is 11.5 Å². The molecule has 0 unspecified atom stereocenters. The minimum absolute atomic E-state index is 0.0739. The van der Waals surface area contributed by atoms with Gasteiger partial charge in [-0.25, -0.2) is 14.4 Å². The highest BCUT2D eigenvalue weighted by Crippen LogP contribution is 2.26. The Morgan fingerprint density at radius 3 is 1.57 bits per heavy atom. The number of ether oxygens (including phenoxy) is 3. The van der Waals surface area contributed by atoms with Gasteiger partial charge in [-0.15, -0.1) is 0 Å². The number of guanidine groups is 1. The van der Waals surface area contributed by atoms with Crippen LogP contribution in [0.2, 0.25) is 0 Å². The fourth-order valence-electron chi connectivity index (χ4n) is 1.92. The Bertz CT molecular complexity index is 728. The minimum Gasteiger partial charge on any atom is -0.455 e. The van der Waals surface area contributed by atoms with Crippen molar-refractivity contribution in [1.82, 2.24) is 0 Å². The Morgan fingerprint density at radius 2 is 1.21 bits per heavy atom. The molecule has 0 aliphatic carbocycles. The number of nitrogens with two attached hydrogens (primary N) is 2. The molecule has 9 heteroatoms. The second-order valence-electron chi connectivity index (χ2n) is 7.94. The molecule has 0 saturated heterocycles. The Labute approximate surface area is 164 Å². The van der Waals surface area contributed by atoms with Crippen LogP contribution in [0.15, 0.2) is 35.3 Å². The van der Waals surface area contributed by atoms with Crippen molar-refractivity contribution < 1.29 is 28.6 Å². The van der Waals surface area contributed by atoms with Gasteiger partial charge < -0.3 is 25.7 Å². The molecule has 154 valence electrons. The summed E-state index contributed by atoms with van der Waals surface area (Å²) in [5.74, 6) is -4.25. The number of benzene rings is 1. The van der Waals surface area contributed by atoms with Gasteiger partial charge in [0.15, 0.2) is 5.96 Å². The summed E-state index contributed by atoms with van der Waals surface area (Å²) >= 11 is 0. The number of carbonyl (C=O) groups is 3. The molecule has 9 nitrogen and oxygen atoms in total. The molecular formula is C19H27N3O6. The number of esters is 3. The molecule has 0 spiro atoms. The zero-order valence-electron chi connectivity index (χ0n) is 16.9. The number of aliphatic imine (C=N–C) groups is 1. The molecule has 4 N–H and O–H groups in total. The van der Waals surface area contributed by atoms with Crippen LogP contribution in [-0.4, -0.2) is 40.8 Å². The van der Waals surface area contributed by atoms with E-state index in [1.54, 1.807) is 59.7 Å². The van der Waals surface area contributed by atoms with Gasteiger partial charge in [-0.05, 0) is 53.7 Å². The lowest BCUT2D eigenvalue weighted by Crippen LogP contribution is -2.55. The smallest absolute Gasteiger partial charge is 0.403 e. The number of rotatable bonds is 5. The highest BCUT2D eigenvalue weighted by molar-refractivity contribution is 6.08. The molecule has 0 aromatic heterocycles. The summed E-state index contributed by atoms with van der Waals surface area (Å²) in [6, 6.07) is 7.72. The van der Waals surface area contributed by atoms with Crippen molar-refractivity contribution in [3.8, 4) is 0 Å². The maximum atomic E-state index is 12.9. The van der Waals surface area contributed by atoms with Crippen LogP contribution in [0.5, 0.6) is 0 Å². The SMILES string of the molecule is CC(C)(C)OC(=O)C(N=C(N)N)(OC(=O)c1ccccc1)C(=O)OC(C)(C)C. The molecule has 28 heavy (non-hydrogen) atoms. The predicted octanol–water partition coefficient (Wildman–Crippen LogP) is 1.50. The molecule has 1 rings (SSSR count). The molecule has 0 radical (unpaired) electrons. The van der Waals surface area contributed by atoms with Crippen LogP contribution >= 0.6 is 0 Å².